The van der Waals surface area contributed by atoms with E-state index in [1.807, 2.05) is 0 Å². The molecular weight excluding hydrogens is 357 g/mol. The fraction of sp³-hybridized carbons (Fsp3) is 0.429. The summed E-state index contributed by atoms with van der Waals surface area (Å²) in [7, 11) is 0. The van der Waals surface area contributed by atoms with Crippen molar-refractivity contribution >= 4 is 29.0 Å². The molecule has 0 aromatic carbocycles. The fourth-order valence-electron chi connectivity index (χ4n) is 2.68. The van der Waals surface area contributed by atoms with Crippen molar-refractivity contribution in [2.24, 2.45) is 5.73 Å². The molecule has 2 atom stereocenters. The molecule has 9 nitrogen and oxygen atoms in total. The molecule has 140 valence electrons. The highest BCUT2D eigenvalue weighted by Gasteiger charge is 2.45. The molecule has 2 aromatic heterocycles. The summed E-state index contributed by atoms with van der Waals surface area (Å²) in [6, 6.07) is -0.517. The molecule has 0 spiro atoms. The van der Waals surface area contributed by atoms with E-state index in [2.05, 4.69) is 25.1 Å². The smallest absolute Gasteiger partial charge is 0.345 e. The van der Waals surface area contributed by atoms with Gasteiger partial charge in [-0.1, -0.05) is 0 Å². The zero-order valence-electron chi connectivity index (χ0n) is 13.3. The first kappa shape index (κ1) is 17.9. The molecule has 1 saturated carbocycles. The number of alkyl halides is 3. The Bertz CT molecular complexity index is 824. The predicted octanol–water partition coefficient (Wildman–Crippen LogP) is 1.69. The van der Waals surface area contributed by atoms with Crippen molar-refractivity contribution in [3.05, 3.63) is 18.5 Å². The van der Waals surface area contributed by atoms with Crippen LogP contribution in [0, 0.1) is 0 Å². The van der Waals surface area contributed by atoms with E-state index >= 15 is 0 Å². The largest absolute Gasteiger partial charge is 0.493 e. The molecule has 0 saturated heterocycles. The molecule has 1 aliphatic rings. The van der Waals surface area contributed by atoms with Crippen molar-refractivity contribution in [3.8, 4) is 0 Å². The van der Waals surface area contributed by atoms with Gasteiger partial charge in [0.1, 0.15) is 5.52 Å². The van der Waals surface area contributed by atoms with E-state index in [-0.39, 0.29) is 18.3 Å². The summed E-state index contributed by atoms with van der Waals surface area (Å²) in [5.41, 5.74) is 6.66. The Morgan fingerprint density at radius 2 is 2.15 bits per heavy atom. The average molecular weight is 372 g/mol. The van der Waals surface area contributed by atoms with Gasteiger partial charge in [0.2, 0.25) is 0 Å². The second-order valence-electron chi connectivity index (χ2n) is 5.83. The van der Waals surface area contributed by atoms with Crippen LogP contribution in [0.2, 0.25) is 0 Å². The first-order chi connectivity index (χ1) is 12.2. The maximum atomic E-state index is 12.5. The van der Waals surface area contributed by atoms with Crippen LogP contribution < -0.4 is 11.1 Å². The summed E-state index contributed by atoms with van der Waals surface area (Å²) >= 11 is 0. The number of hydroxylamine groups is 2. The Morgan fingerprint density at radius 3 is 2.81 bits per heavy atom. The molecule has 1 fully saturated rings. The second kappa shape index (κ2) is 6.78. The lowest BCUT2D eigenvalue weighted by Crippen LogP contribution is -2.46. The number of rotatable bonds is 2. The number of carbonyl (C=O) groups is 2. The highest BCUT2D eigenvalue weighted by Crippen LogP contribution is 2.26. The summed E-state index contributed by atoms with van der Waals surface area (Å²) in [6.07, 6.45) is -1.41. The maximum absolute atomic E-state index is 12.5. The van der Waals surface area contributed by atoms with Gasteiger partial charge >= 0.3 is 18.2 Å². The highest BCUT2D eigenvalue weighted by molar-refractivity contribution is 5.90. The number of hydrogen-bond donors (Lipinski definition) is 3. The summed E-state index contributed by atoms with van der Waals surface area (Å²) < 4.78 is 37.6. The van der Waals surface area contributed by atoms with Gasteiger partial charge in [-0.15, -0.1) is 5.06 Å². The van der Waals surface area contributed by atoms with Crippen LogP contribution in [0.3, 0.4) is 0 Å². The Balaban J connectivity index is 1.78. The van der Waals surface area contributed by atoms with E-state index in [9.17, 15) is 22.8 Å². The van der Waals surface area contributed by atoms with Gasteiger partial charge in [0, 0.05) is 12.2 Å². The molecular formula is C14H15F3N6O3. The topological polar surface area (TPSA) is 126 Å². The lowest BCUT2D eigenvalue weighted by Gasteiger charge is -2.27. The molecule has 1 aliphatic carbocycles. The second-order valence-corrected chi connectivity index (χ2v) is 5.83. The van der Waals surface area contributed by atoms with Crippen molar-refractivity contribution in [1.82, 2.24) is 20.0 Å². The quantitative estimate of drug-likeness (QED) is 0.689. The van der Waals surface area contributed by atoms with E-state index in [4.69, 9.17) is 5.73 Å². The van der Waals surface area contributed by atoms with E-state index in [0.29, 0.717) is 29.1 Å². The van der Waals surface area contributed by atoms with Crippen LogP contribution in [0.5, 0.6) is 0 Å². The number of anilines is 1. The van der Waals surface area contributed by atoms with Crippen molar-refractivity contribution in [3.63, 3.8) is 0 Å². The number of urea groups is 1. The van der Waals surface area contributed by atoms with E-state index in [0.717, 1.165) is 0 Å². The Hall–Kier alpha value is -2.89. The number of aromatic amines is 1. The van der Waals surface area contributed by atoms with Gasteiger partial charge in [-0.2, -0.15) is 13.2 Å². The van der Waals surface area contributed by atoms with Gasteiger partial charge in [-0.05, 0) is 25.3 Å². The predicted molar refractivity (Wildman–Crippen MR) is 82.5 cm³/mol. The third kappa shape index (κ3) is 3.85. The van der Waals surface area contributed by atoms with Gasteiger partial charge in [0.05, 0.1) is 12.2 Å². The molecule has 2 amide bonds. The molecule has 26 heavy (non-hydrogen) atoms. The zero-order valence-corrected chi connectivity index (χ0v) is 13.3. The van der Waals surface area contributed by atoms with Crippen LogP contribution in [-0.2, 0) is 9.63 Å². The number of nitrogens with two attached hydrogens (primary N) is 1. The van der Waals surface area contributed by atoms with Crippen molar-refractivity contribution in [2.45, 2.75) is 37.5 Å². The monoisotopic (exact) mass is 372 g/mol. The minimum absolute atomic E-state index is 0.00236. The molecule has 12 heteroatoms. The van der Waals surface area contributed by atoms with Gasteiger partial charge < -0.3 is 15.6 Å². The number of hydrogen-bond acceptors (Lipinski definition) is 6. The van der Waals surface area contributed by atoms with E-state index in [1.54, 1.807) is 12.3 Å². The first-order valence-electron chi connectivity index (χ1n) is 7.69. The molecule has 3 rings (SSSR count). The summed E-state index contributed by atoms with van der Waals surface area (Å²) in [5.74, 6) is -2.49. The van der Waals surface area contributed by atoms with E-state index in [1.165, 1.54) is 6.20 Å². The summed E-state index contributed by atoms with van der Waals surface area (Å²) in [5, 5.41) is 2.67. The molecule has 2 aromatic rings. The lowest BCUT2D eigenvalue weighted by molar-refractivity contribution is -0.232. The number of nitrogens with zero attached hydrogens (tertiary/aromatic N) is 3. The van der Waals surface area contributed by atoms with Crippen LogP contribution in [-0.4, -0.2) is 50.3 Å². The SMILES string of the molecule is NC1CCC(N(OC(=O)C(F)(F)F)C(=O)Nc2cnc3[nH]ccc3n2)C1. The minimum atomic E-state index is -5.23. The normalized spacial score (nSPS) is 20.2. The average Bonchev–Trinajstić information content (AvgIpc) is 3.19. The van der Waals surface area contributed by atoms with Gasteiger partial charge in [0.25, 0.3) is 0 Å². The molecule has 0 bridgehead atoms. The van der Waals surface area contributed by atoms with Crippen LogP contribution in [0.1, 0.15) is 19.3 Å². The Morgan fingerprint density at radius 1 is 1.38 bits per heavy atom. The lowest BCUT2D eigenvalue weighted by atomic mass is 10.2. The van der Waals surface area contributed by atoms with Crippen LogP contribution >= 0.6 is 0 Å². The third-order valence-corrected chi connectivity index (χ3v) is 3.89. The maximum Gasteiger partial charge on any atom is 0.493 e. The van der Waals surface area contributed by atoms with Gasteiger partial charge in [-0.25, -0.2) is 19.6 Å². The number of nitrogens with one attached hydrogen (secondary N) is 2. The summed E-state index contributed by atoms with van der Waals surface area (Å²) in [4.78, 5) is 38.8. The number of halogens is 3. The fourth-order valence-corrected chi connectivity index (χ4v) is 2.68. The highest BCUT2D eigenvalue weighted by atomic mass is 19.4. The third-order valence-electron chi connectivity index (χ3n) is 3.89. The minimum Gasteiger partial charge on any atom is -0.345 e. The number of fused-ring (bicyclic) bond motifs is 1. The Kier molecular flexibility index (Phi) is 4.68. The number of H-pyrrole nitrogens is 1. The van der Waals surface area contributed by atoms with E-state index < -0.39 is 24.2 Å². The number of aromatic nitrogens is 3. The van der Waals surface area contributed by atoms with Gasteiger partial charge in [-0.3, -0.25) is 5.32 Å². The number of carbonyl (C=O) groups excluding carboxylic acids is 2. The standard InChI is InChI=1S/C14H15F3N6O3/c15-14(16,17)12(24)26-23(8-2-1-7(18)5-8)13(25)22-10-6-20-11-9(21-10)3-4-19-11/h3-4,6-8H,1-2,5,18H2,(H,19,20)(H,21,22,25). The number of amides is 2. The zero-order chi connectivity index (χ0) is 18.9. The molecule has 0 radical (unpaired) electrons. The van der Waals surface area contributed by atoms with Crippen LogP contribution in [0.15, 0.2) is 18.5 Å². The Labute approximate surface area is 144 Å². The van der Waals surface area contributed by atoms with Crippen molar-refractivity contribution in [1.29, 1.82) is 0 Å². The summed E-state index contributed by atoms with van der Waals surface area (Å²) in [6.45, 7) is 0. The van der Waals surface area contributed by atoms with Crippen LogP contribution in [0.25, 0.3) is 11.2 Å². The molecule has 0 aliphatic heterocycles. The first-order valence-corrected chi connectivity index (χ1v) is 7.69. The van der Waals surface area contributed by atoms with Crippen LogP contribution in [0.4, 0.5) is 23.8 Å². The van der Waals surface area contributed by atoms with Crippen molar-refractivity contribution in [2.75, 3.05) is 5.32 Å². The molecule has 2 heterocycles. The molecule has 2 unspecified atom stereocenters. The molecule has 4 N–H and O–H groups in total. The van der Waals surface area contributed by atoms with Gasteiger partial charge in [0.15, 0.2) is 11.5 Å². The van der Waals surface area contributed by atoms with Crippen molar-refractivity contribution < 1.29 is 27.6 Å².